The van der Waals surface area contributed by atoms with Crippen molar-refractivity contribution in [2.45, 2.75) is 32.2 Å². The summed E-state index contributed by atoms with van der Waals surface area (Å²) < 4.78 is 0. The van der Waals surface area contributed by atoms with Gasteiger partial charge in [-0.2, -0.15) is 0 Å². The molecular formula is C19H21ClN4O3. The van der Waals surface area contributed by atoms with Crippen molar-refractivity contribution in [2.75, 3.05) is 11.9 Å². The predicted octanol–water partition coefficient (Wildman–Crippen LogP) is 2.04. The third kappa shape index (κ3) is 4.37. The fraction of sp³-hybridized carbons (Fsp3) is 0.316. The second-order valence-corrected chi connectivity index (χ2v) is 7.08. The first-order chi connectivity index (χ1) is 12.8. The van der Waals surface area contributed by atoms with Gasteiger partial charge < -0.3 is 21.4 Å². The van der Waals surface area contributed by atoms with Gasteiger partial charge >= 0.3 is 0 Å². The van der Waals surface area contributed by atoms with Crippen LogP contribution in [0, 0.1) is 6.92 Å². The average Bonchev–Trinajstić information content (AvgIpc) is 2.62. The molecule has 5 N–H and O–H groups in total. The molecule has 0 spiro atoms. The number of aryl methyl sites for hydroxylation is 2. The van der Waals surface area contributed by atoms with Gasteiger partial charge in [-0.15, -0.1) is 0 Å². The number of carbonyl (C=O) groups is 2. The van der Waals surface area contributed by atoms with Gasteiger partial charge in [-0.1, -0.05) is 17.7 Å². The molecule has 0 saturated carbocycles. The Morgan fingerprint density at radius 1 is 1.33 bits per heavy atom. The molecule has 1 aromatic carbocycles. The van der Waals surface area contributed by atoms with Crippen LogP contribution < -0.4 is 21.9 Å². The van der Waals surface area contributed by atoms with Gasteiger partial charge in [-0.3, -0.25) is 14.4 Å². The van der Waals surface area contributed by atoms with Crippen LogP contribution in [0.3, 0.4) is 0 Å². The quantitative estimate of drug-likeness (QED) is 0.627. The number of anilines is 1. The van der Waals surface area contributed by atoms with Gasteiger partial charge in [-0.25, -0.2) is 0 Å². The van der Waals surface area contributed by atoms with Crippen LogP contribution in [0.5, 0.6) is 0 Å². The molecule has 142 valence electrons. The van der Waals surface area contributed by atoms with Gasteiger partial charge in [-0.05, 0) is 55.5 Å². The Hall–Kier alpha value is -2.64. The van der Waals surface area contributed by atoms with Gasteiger partial charge in [0.1, 0.15) is 5.56 Å². The summed E-state index contributed by atoms with van der Waals surface area (Å²) >= 11 is 5.97. The zero-order valence-electron chi connectivity index (χ0n) is 14.9. The second kappa shape index (κ2) is 7.94. The van der Waals surface area contributed by atoms with Crippen molar-refractivity contribution < 1.29 is 9.59 Å². The van der Waals surface area contributed by atoms with E-state index in [1.165, 1.54) is 6.07 Å². The van der Waals surface area contributed by atoms with Crippen molar-refractivity contribution in [3.63, 3.8) is 0 Å². The van der Waals surface area contributed by atoms with E-state index in [4.69, 9.17) is 17.3 Å². The average molecular weight is 389 g/mol. The molecule has 1 atom stereocenters. The summed E-state index contributed by atoms with van der Waals surface area (Å²) in [5.74, 6) is -0.968. The van der Waals surface area contributed by atoms with Crippen molar-refractivity contribution in [3.05, 3.63) is 62.0 Å². The highest BCUT2D eigenvalue weighted by atomic mass is 35.5. The maximum absolute atomic E-state index is 12.3. The number of pyridine rings is 1. The van der Waals surface area contributed by atoms with Crippen LogP contribution >= 0.6 is 11.6 Å². The Balaban J connectivity index is 1.71. The van der Waals surface area contributed by atoms with Crippen molar-refractivity contribution in [3.8, 4) is 0 Å². The highest BCUT2D eigenvalue weighted by molar-refractivity contribution is 6.31. The number of nitrogens with one attached hydrogen (secondary N) is 3. The van der Waals surface area contributed by atoms with Crippen molar-refractivity contribution in [1.29, 1.82) is 0 Å². The maximum Gasteiger partial charge on any atom is 0.261 e. The van der Waals surface area contributed by atoms with Crippen molar-refractivity contribution >= 4 is 29.1 Å². The third-order valence-electron chi connectivity index (χ3n) is 4.70. The van der Waals surface area contributed by atoms with Gasteiger partial charge in [0.15, 0.2) is 0 Å². The van der Waals surface area contributed by atoms with E-state index in [1.807, 2.05) is 13.0 Å². The number of primary amides is 1. The largest absolute Gasteiger partial charge is 0.365 e. The van der Waals surface area contributed by atoms with E-state index in [9.17, 15) is 14.4 Å². The minimum absolute atomic E-state index is 0.0681. The fourth-order valence-electron chi connectivity index (χ4n) is 3.28. The zero-order chi connectivity index (χ0) is 19.6. The number of aromatic nitrogens is 1. The summed E-state index contributed by atoms with van der Waals surface area (Å²) in [6.07, 6.45) is 2.38. The SMILES string of the molecule is Cc1ccc(Cl)cc1NC(=O)CNC1CCCc2[nH]c(=O)c(C(N)=O)cc21. The normalized spacial score (nSPS) is 15.9. The molecule has 2 amide bonds. The molecule has 0 aliphatic heterocycles. The van der Waals surface area contributed by atoms with Gasteiger partial charge in [0.2, 0.25) is 5.91 Å². The lowest BCUT2D eigenvalue weighted by atomic mass is 9.90. The van der Waals surface area contributed by atoms with E-state index in [0.717, 1.165) is 36.1 Å². The van der Waals surface area contributed by atoms with Gasteiger partial charge in [0.05, 0.1) is 6.54 Å². The topological polar surface area (TPSA) is 117 Å². The molecule has 3 rings (SSSR count). The minimum Gasteiger partial charge on any atom is -0.365 e. The molecule has 1 aromatic heterocycles. The molecule has 1 heterocycles. The Morgan fingerprint density at radius 3 is 2.85 bits per heavy atom. The number of amides is 2. The molecular weight excluding hydrogens is 368 g/mol. The first-order valence-corrected chi connectivity index (χ1v) is 9.08. The van der Waals surface area contributed by atoms with Crippen molar-refractivity contribution in [2.24, 2.45) is 5.73 Å². The fourth-order valence-corrected chi connectivity index (χ4v) is 3.45. The summed E-state index contributed by atoms with van der Waals surface area (Å²) in [4.78, 5) is 38.4. The summed E-state index contributed by atoms with van der Waals surface area (Å²) in [5.41, 5.74) is 7.90. The number of rotatable bonds is 5. The number of aromatic amines is 1. The van der Waals surface area contributed by atoms with E-state index in [-0.39, 0.29) is 24.1 Å². The Bertz CT molecular complexity index is 954. The number of H-pyrrole nitrogens is 1. The summed E-state index contributed by atoms with van der Waals surface area (Å²) in [6, 6.07) is 6.70. The third-order valence-corrected chi connectivity index (χ3v) is 4.94. The lowest BCUT2D eigenvalue weighted by Crippen LogP contribution is -2.35. The van der Waals surface area contributed by atoms with Crippen LogP contribution in [0.1, 0.15) is 46.1 Å². The summed E-state index contributed by atoms with van der Waals surface area (Å²) in [5, 5.41) is 6.58. The first kappa shape index (κ1) is 19.1. The summed E-state index contributed by atoms with van der Waals surface area (Å²) in [6.45, 7) is 1.97. The number of hydrogen-bond donors (Lipinski definition) is 4. The molecule has 1 aliphatic rings. The molecule has 7 nitrogen and oxygen atoms in total. The van der Waals surface area contributed by atoms with E-state index in [0.29, 0.717) is 10.7 Å². The Kier molecular flexibility index (Phi) is 5.62. The van der Waals surface area contributed by atoms with E-state index >= 15 is 0 Å². The minimum atomic E-state index is -0.766. The number of carbonyl (C=O) groups excluding carboxylic acids is 2. The predicted molar refractivity (Wildman–Crippen MR) is 104 cm³/mol. The summed E-state index contributed by atoms with van der Waals surface area (Å²) in [7, 11) is 0. The molecule has 0 radical (unpaired) electrons. The van der Waals surface area contributed by atoms with Crippen molar-refractivity contribution in [1.82, 2.24) is 10.3 Å². The second-order valence-electron chi connectivity index (χ2n) is 6.64. The van der Waals surface area contributed by atoms with Crippen LogP contribution in [0.15, 0.2) is 29.1 Å². The number of hydrogen-bond acceptors (Lipinski definition) is 4. The van der Waals surface area contributed by atoms with Crippen LogP contribution in [0.2, 0.25) is 5.02 Å². The lowest BCUT2D eigenvalue weighted by Gasteiger charge is -2.26. The molecule has 2 aromatic rings. The lowest BCUT2D eigenvalue weighted by molar-refractivity contribution is -0.115. The molecule has 1 aliphatic carbocycles. The number of halogens is 1. The van der Waals surface area contributed by atoms with Crippen LogP contribution in [0.4, 0.5) is 5.69 Å². The van der Waals surface area contributed by atoms with Gasteiger partial charge in [0.25, 0.3) is 11.5 Å². The molecule has 27 heavy (non-hydrogen) atoms. The molecule has 0 saturated heterocycles. The van der Waals surface area contributed by atoms with Gasteiger partial charge in [0, 0.05) is 22.4 Å². The Labute approximate surface area is 161 Å². The van der Waals surface area contributed by atoms with Crippen LogP contribution in [-0.2, 0) is 11.2 Å². The first-order valence-electron chi connectivity index (χ1n) is 8.70. The molecule has 8 heteroatoms. The smallest absolute Gasteiger partial charge is 0.261 e. The number of nitrogens with two attached hydrogens (primary N) is 1. The monoisotopic (exact) mass is 388 g/mol. The standard InChI is InChI=1S/C19H21ClN4O3/c1-10-5-6-11(20)7-16(10)23-17(25)9-22-14-3-2-4-15-12(14)8-13(18(21)26)19(27)24-15/h5-8,14,22H,2-4,9H2,1H3,(H2,21,26)(H,23,25)(H,24,27). The highest BCUT2D eigenvalue weighted by Crippen LogP contribution is 2.28. The van der Waals surface area contributed by atoms with E-state index in [2.05, 4.69) is 15.6 Å². The zero-order valence-corrected chi connectivity index (χ0v) is 15.7. The number of fused-ring (bicyclic) bond motifs is 1. The molecule has 0 bridgehead atoms. The van der Waals surface area contributed by atoms with Crippen LogP contribution in [-0.4, -0.2) is 23.3 Å². The Morgan fingerprint density at radius 2 is 2.11 bits per heavy atom. The number of benzene rings is 1. The van der Waals surface area contributed by atoms with Crippen LogP contribution in [0.25, 0.3) is 0 Å². The van der Waals surface area contributed by atoms with E-state index in [1.54, 1.807) is 12.1 Å². The molecule has 0 fully saturated rings. The van der Waals surface area contributed by atoms with E-state index < -0.39 is 11.5 Å². The maximum atomic E-state index is 12.3. The highest BCUT2D eigenvalue weighted by Gasteiger charge is 2.23. The molecule has 1 unspecified atom stereocenters.